The van der Waals surface area contributed by atoms with Gasteiger partial charge >= 0.3 is 5.97 Å². The largest absolute Gasteiger partial charge is 0.468 e. The molecule has 0 saturated heterocycles. The lowest BCUT2D eigenvalue weighted by Gasteiger charge is -2.22. The number of esters is 1. The van der Waals surface area contributed by atoms with Gasteiger partial charge in [0, 0.05) is 6.20 Å². The number of nitrogens with one attached hydrogen (secondary N) is 1. The van der Waals surface area contributed by atoms with Crippen LogP contribution in [0.3, 0.4) is 0 Å². The minimum atomic E-state index is -3.92. The molecule has 0 bridgehead atoms. The smallest absolute Gasteiger partial charge is 0.324 e. The normalized spacial score (nSPS) is 13.9. The summed E-state index contributed by atoms with van der Waals surface area (Å²) in [5, 5.41) is -0.133. The van der Waals surface area contributed by atoms with E-state index in [4.69, 9.17) is 4.74 Å². The minimum absolute atomic E-state index is 0.133. The molecular formula is C18H22N2O4S. The van der Waals surface area contributed by atoms with Gasteiger partial charge < -0.3 is 4.74 Å². The van der Waals surface area contributed by atoms with Crippen LogP contribution in [0.25, 0.3) is 0 Å². The number of carbonyl (C=O) groups excluding carboxylic acids is 1. The Morgan fingerprint density at radius 3 is 2.44 bits per heavy atom. The molecule has 1 heterocycles. The second-order valence-electron chi connectivity index (χ2n) is 5.96. The van der Waals surface area contributed by atoms with Crippen LogP contribution in [-0.2, 0) is 26.0 Å². The standard InChI is InChI=1S/C18H22N2O4S/c1-13-7-9-15(10-8-13)12-14(2)17(18(21)24-3)20-25(22,23)16-6-4-5-11-19-16/h4-11,14,17,20H,12H2,1-3H3/t14-,17-/m0/s1. The van der Waals surface area contributed by atoms with Crippen molar-refractivity contribution in [3.8, 4) is 0 Å². The Balaban J connectivity index is 2.21. The maximum atomic E-state index is 12.5. The third-order valence-electron chi connectivity index (χ3n) is 3.90. The summed E-state index contributed by atoms with van der Waals surface area (Å²) in [6, 6.07) is 11.5. The van der Waals surface area contributed by atoms with E-state index in [1.54, 1.807) is 12.1 Å². The highest BCUT2D eigenvalue weighted by Crippen LogP contribution is 2.16. The topological polar surface area (TPSA) is 85.4 Å². The van der Waals surface area contributed by atoms with Gasteiger partial charge in [-0.3, -0.25) is 4.79 Å². The number of pyridine rings is 1. The van der Waals surface area contributed by atoms with Crippen molar-refractivity contribution in [3.05, 3.63) is 59.8 Å². The molecule has 134 valence electrons. The maximum absolute atomic E-state index is 12.5. The van der Waals surface area contributed by atoms with E-state index in [1.807, 2.05) is 38.1 Å². The first-order valence-electron chi connectivity index (χ1n) is 7.90. The SMILES string of the molecule is COC(=O)[C@@H](NS(=O)(=O)c1ccccn1)[C@@H](C)Cc1ccc(C)cc1. The van der Waals surface area contributed by atoms with Crippen molar-refractivity contribution in [2.45, 2.75) is 31.3 Å². The number of carbonyl (C=O) groups is 1. The average Bonchev–Trinajstić information content (AvgIpc) is 2.61. The maximum Gasteiger partial charge on any atom is 0.324 e. The molecule has 0 radical (unpaired) electrons. The van der Waals surface area contributed by atoms with Gasteiger partial charge in [0.1, 0.15) is 6.04 Å². The number of nitrogens with zero attached hydrogens (tertiary/aromatic N) is 1. The van der Waals surface area contributed by atoms with Crippen LogP contribution in [0.4, 0.5) is 0 Å². The van der Waals surface area contributed by atoms with E-state index in [0.29, 0.717) is 6.42 Å². The van der Waals surface area contributed by atoms with E-state index >= 15 is 0 Å². The molecule has 0 unspecified atom stereocenters. The number of ether oxygens (including phenoxy) is 1. The fraction of sp³-hybridized carbons (Fsp3) is 0.333. The number of hydrogen-bond donors (Lipinski definition) is 1. The molecule has 1 aromatic heterocycles. The number of hydrogen-bond acceptors (Lipinski definition) is 5. The van der Waals surface area contributed by atoms with Gasteiger partial charge in [-0.15, -0.1) is 0 Å². The summed E-state index contributed by atoms with van der Waals surface area (Å²) in [5.41, 5.74) is 2.15. The van der Waals surface area contributed by atoms with Gasteiger partial charge in [-0.05, 0) is 37.0 Å². The molecule has 0 aliphatic rings. The lowest BCUT2D eigenvalue weighted by Crippen LogP contribution is -2.46. The fourth-order valence-electron chi connectivity index (χ4n) is 2.47. The van der Waals surface area contributed by atoms with Crippen molar-refractivity contribution >= 4 is 16.0 Å². The van der Waals surface area contributed by atoms with Crippen molar-refractivity contribution in [2.24, 2.45) is 5.92 Å². The van der Waals surface area contributed by atoms with Crippen LogP contribution >= 0.6 is 0 Å². The molecule has 2 aromatic rings. The van der Waals surface area contributed by atoms with Gasteiger partial charge in [-0.25, -0.2) is 13.4 Å². The van der Waals surface area contributed by atoms with Crippen LogP contribution in [0.15, 0.2) is 53.7 Å². The number of aromatic nitrogens is 1. The van der Waals surface area contributed by atoms with Gasteiger partial charge in [-0.1, -0.05) is 42.8 Å². The molecule has 6 nitrogen and oxygen atoms in total. The Morgan fingerprint density at radius 1 is 1.20 bits per heavy atom. The highest BCUT2D eigenvalue weighted by atomic mass is 32.2. The van der Waals surface area contributed by atoms with E-state index in [-0.39, 0.29) is 10.9 Å². The second kappa shape index (κ2) is 8.22. The van der Waals surface area contributed by atoms with Crippen molar-refractivity contribution in [1.29, 1.82) is 0 Å². The third kappa shape index (κ3) is 5.11. The molecular weight excluding hydrogens is 340 g/mol. The molecule has 0 fully saturated rings. The fourth-order valence-corrected chi connectivity index (χ4v) is 3.71. The van der Waals surface area contributed by atoms with Crippen LogP contribution in [0.5, 0.6) is 0 Å². The van der Waals surface area contributed by atoms with E-state index in [0.717, 1.165) is 11.1 Å². The summed E-state index contributed by atoms with van der Waals surface area (Å²) in [5.74, 6) is -0.923. The Kier molecular flexibility index (Phi) is 6.27. The van der Waals surface area contributed by atoms with Crippen LogP contribution in [0.1, 0.15) is 18.1 Å². The van der Waals surface area contributed by atoms with Crippen molar-refractivity contribution in [3.63, 3.8) is 0 Å². The van der Waals surface area contributed by atoms with Crippen LogP contribution < -0.4 is 4.72 Å². The highest BCUT2D eigenvalue weighted by molar-refractivity contribution is 7.89. The molecule has 0 spiro atoms. The second-order valence-corrected chi connectivity index (χ2v) is 7.62. The molecule has 1 N–H and O–H groups in total. The van der Waals surface area contributed by atoms with Gasteiger partial charge in [0.15, 0.2) is 5.03 Å². The van der Waals surface area contributed by atoms with Crippen molar-refractivity contribution in [2.75, 3.05) is 7.11 Å². The molecule has 1 aromatic carbocycles. The van der Waals surface area contributed by atoms with Gasteiger partial charge in [-0.2, -0.15) is 4.72 Å². The van der Waals surface area contributed by atoms with Crippen molar-refractivity contribution in [1.82, 2.24) is 9.71 Å². The first kappa shape index (κ1) is 19.1. The third-order valence-corrected chi connectivity index (χ3v) is 5.25. The lowest BCUT2D eigenvalue weighted by atomic mass is 9.94. The summed E-state index contributed by atoms with van der Waals surface area (Å²) in [4.78, 5) is 16.0. The average molecular weight is 362 g/mol. The van der Waals surface area contributed by atoms with Crippen LogP contribution in [-0.4, -0.2) is 32.5 Å². The van der Waals surface area contributed by atoms with E-state index in [9.17, 15) is 13.2 Å². The molecule has 0 saturated carbocycles. The van der Waals surface area contributed by atoms with Crippen LogP contribution in [0.2, 0.25) is 0 Å². The number of methoxy groups -OCH3 is 1. The Morgan fingerprint density at radius 2 is 1.88 bits per heavy atom. The summed E-state index contributed by atoms with van der Waals surface area (Å²) in [6.07, 6.45) is 1.92. The lowest BCUT2D eigenvalue weighted by molar-refractivity contribution is -0.143. The zero-order chi connectivity index (χ0) is 18.4. The molecule has 2 rings (SSSR count). The van der Waals surface area contributed by atoms with E-state index < -0.39 is 22.0 Å². The van der Waals surface area contributed by atoms with E-state index in [2.05, 4.69) is 9.71 Å². The van der Waals surface area contributed by atoms with E-state index in [1.165, 1.54) is 19.4 Å². The number of benzene rings is 1. The summed E-state index contributed by atoms with van der Waals surface area (Å²) in [7, 11) is -2.68. The highest BCUT2D eigenvalue weighted by Gasteiger charge is 2.31. The molecule has 0 aliphatic carbocycles. The quantitative estimate of drug-likeness (QED) is 0.762. The first-order valence-corrected chi connectivity index (χ1v) is 9.38. The zero-order valence-corrected chi connectivity index (χ0v) is 15.3. The zero-order valence-electron chi connectivity index (χ0n) is 14.5. The van der Waals surface area contributed by atoms with Gasteiger partial charge in [0.25, 0.3) is 10.0 Å². The summed E-state index contributed by atoms with van der Waals surface area (Å²) in [6.45, 7) is 3.80. The molecule has 0 aliphatic heterocycles. The molecule has 0 amide bonds. The number of sulfonamides is 1. The monoisotopic (exact) mass is 362 g/mol. The number of aryl methyl sites for hydroxylation is 1. The van der Waals surface area contributed by atoms with Gasteiger partial charge in [0.2, 0.25) is 0 Å². The minimum Gasteiger partial charge on any atom is -0.468 e. The predicted octanol–water partition coefficient (Wildman–Crippen LogP) is 2.09. The predicted molar refractivity (Wildman–Crippen MR) is 94.4 cm³/mol. The van der Waals surface area contributed by atoms with Gasteiger partial charge in [0.05, 0.1) is 7.11 Å². The molecule has 25 heavy (non-hydrogen) atoms. The molecule has 7 heteroatoms. The summed E-state index contributed by atoms with van der Waals surface area (Å²) < 4.78 is 32.2. The summed E-state index contributed by atoms with van der Waals surface area (Å²) >= 11 is 0. The Bertz CT molecular complexity index is 805. The first-order chi connectivity index (χ1) is 11.8. The number of rotatable bonds is 7. The molecule has 2 atom stereocenters. The Labute approximate surface area is 148 Å². The Hall–Kier alpha value is -2.25. The van der Waals surface area contributed by atoms with Crippen molar-refractivity contribution < 1.29 is 17.9 Å². The van der Waals surface area contributed by atoms with Crippen LogP contribution in [0, 0.1) is 12.8 Å².